The lowest BCUT2D eigenvalue weighted by molar-refractivity contribution is 0.0642. The van der Waals surface area contributed by atoms with Crippen molar-refractivity contribution in [2.75, 3.05) is 13.1 Å². The molecule has 1 fully saturated rings. The van der Waals surface area contributed by atoms with Gasteiger partial charge >= 0.3 is 0 Å². The molecule has 126 valence electrons. The molecule has 1 saturated heterocycles. The van der Waals surface area contributed by atoms with Gasteiger partial charge in [-0.15, -0.1) is 0 Å². The summed E-state index contributed by atoms with van der Waals surface area (Å²) in [6, 6.07) is 13.3. The van der Waals surface area contributed by atoms with Crippen LogP contribution in [0.2, 0.25) is 5.02 Å². The van der Waals surface area contributed by atoms with Crippen LogP contribution in [0, 0.1) is 0 Å². The minimum atomic E-state index is -0.0156. The number of rotatable bonds is 4. The van der Waals surface area contributed by atoms with Gasteiger partial charge in [0.25, 0.3) is 5.91 Å². The van der Waals surface area contributed by atoms with Crippen LogP contribution in [0.1, 0.15) is 35.3 Å². The van der Waals surface area contributed by atoms with Gasteiger partial charge < -0.3 is 10.2 Å². The highest BCUT2D eigenvalue weighted by Gasteiger charge is 2.27. The van der Waals surface area contributed by atoms with E-state index in [0.717, 1.165) is 38.0 Å². The first-order valence-corrected chi connectivity index (χ1v) is 8.79. The number of pyridine rings is 1. The summed E-state index contributed by atoms with van der Waals surface area (Å²) in [7, 11) is 0. The van der Waals surface area contributed by atoms with Crippen molar-refractivity contribution in [1.82, 2.24) is 15.2 Å². The Kier molecular flexibility index (Phi) is 5.83. The van der Waals surface area contributed by atoms with E-state index >= 15 is 0 Å². The number of amides is 1. The van der Waals surface area contributed by atoms with Crippen LogP contribution >= 0.6 is 11.6 Å². The van der Waals surface area contributed by atoms with E-state index in [1.807, 2.05) is 35.2 Å². The molecule has 1 aliphatic heterocycles. The molecule has 0 aliphatic carbocycles. The molecule has 0 saturated carbocycles. The molecule has 1 N–H and O–H groups in total. The van der Waals surface area contributed by atoms with Gasteiger partial charge in [0.05, 0.1) is 22.8 Å². The fourth-order valence-electron chi connectivity index (χ4n) is 3.13. The molecule has 0 radical (unpaired) electrons. The Balaban J connectivity index is 1.88. The van der Waals surface area contributed by atoms with Gasteiger partial charge in [0.15, 0.2) is 0 Å². The lowest BCUT2D eigenvalue weighted by atomic mass is 10.0. The average molecular weight is 344 g/mol. The second kappa shape index (κ2) is 8.27. The van der Waals surface area contributed by atoms with Crippen LogP contribution in [0.3, 0.4) is 0 Å². The minimum Gasteiger partial charge on any atom is -0.330 e. The standard InChI is InChI=1S/C19H22ClN3O/c20-18-9-2-1-8-17(18)19(24)23(14-15-6-3-4-12-22-15)16-7-5-11-21-13-10-16/h1-4,6,8-9,12,16,21H,5,7,10-11,13-14H2/t16-/m1/s1. The van der Waals surface area contributed by atoms with Crippen molar-refractivity contribution < 1.29 is 4.79 Å². The third-order valence-corrected chi connectivity index (χ3v) is 4.74. The van der Waals surface area contributed by atoms with Gasteiger partial charge in [-0.25, -0.2) is 0 Å². The Bertz CT molecular complexity index is 669. The Morgan fingerprint density at radius 1 is 1.17 bits per heavy atom. The van der Waals surface area contributed by atoms with E-state index < -0.39 is 0 Å². The first-order chi connectivity index (χ1) is 11.8. The quantitative estimate of drug-likeness (QED) is 0.923. The van der Waals surface area contributed by atoms with Crippen molar-refractivity contribution in [2.24, 2.45) is 0 Å². The second-order valence-corrected chi connectivity index (χ2v) is 6.48. The lowest BCUT2D eigenvalue weighted by Crippen LogP contribution is -2.40. The molecule has 1 atom stereocenters. The molecule has 1 aromatic carbocycles. The first kappa shape index (κ1) is 16.9. The fourth-order valence-corrected chi connectivity index (χ4v) is 3.35. The number of hydrogen-bond donors (Lipinski definition) is 1. The molecule has 3 rings (SSSR count). The third kappa shape index (κ3) is 4.13. The molecular weight excluding hydrogens is 322 g/mol. The Labute approximate surface area is 147 Å². The zero-order valence-electron chi connectivity index (χ0n) is 13.6. The second-order valence-electron chi connectivity index (χ2n) is 6.07. The number of carbonyl (C=O) groups excluding carboxylic acids is 1. The van der Waals surface area contributed by atoms with E-state index in [1.54, 1.807) is 18.3 Å². The lowest BCUT2D eigenvalue weighted by Gasteiger charge is -2.31. The van der Waals surface area contributed by atoms with Crippen LogP contribution in [0.4, 0.5) is 0 Å². The van der Waals surface area contributed by atoms with Gasteiger partial charge in [-0.1, -0.05) is 29.8 Å². The zero-order valence-corrected chi connectivity index (χ0v) is 14.4. The smallest absolute Gasteiger partial charge is 0.255 e. The van der Waals surface area contributed by atoms with Crippen LogP contribution in [-0.2, 0) is 6.54 Å². The molecule has 0 bridgehead atoms. The summed E-state index contributed by atoms with van der Waals surface area (Å²) >= 11 is 6.26. The largest absolute Gasteiger partial charge is 0.330 e. The molecular formula is C19H22ClN3O. The van der Waals surface area contributed by atoms with E-state index in [0.29, 0.717) is 17.1 Å². The fraction of sp³-hybridized carbons (Fsp3) is 0.368. The van der Waals surface area contributed by atoms with Crippen molar-refractivity contribution in [3.63, 3.8) is 0 Å². The van der Waals surface area contributed by atoms with Crippen molar-refractivity contribution >= 4 is 17.5 Å². The van der Waals surface area contributed by atoms with Crippen LogP contribution in [0.15, 0.2) is 48.7 Å². The molecule has 5 heteroatoms. The SMILES string of the molecule is O=C(c1ccccc1Cl)N(Cc1ccccn1)[C@@H]1CCCNCC1. The van der Waals surface area contributed by atoms with Crippen molar-refractivity contribution in [3.8, 4) is 0 Å². The summed E-state index contributed by atoms with van der Waals surface area (Å²) in [6.07, 6.45) is 4.78. The van der Waals surface area contributed by atoms with E-state index in [2.05, 4.69) is 10.3 Å². The summed E-state index contributed by atoms with van der Waals surface area (Å²) in [5, 5.41) is 3.91. The summed E-state index contributed by atoms with van der Waals surface area (Å²) in [5.74, 6) is -0.0156. The molecule has 1 aromatic heterocycles. The topological polar surface area (TPSA) is 45.2 Å². The maximum atomic E-state index is 13.2. The summed E-state index contributed by atoms with van der Waals surface area (Å²) in [4.78, 5) is 19.5. The normalized spacial score (nSPS) is 18.0. The maximum absolute atomic E-state index is 13.2. The van der Waals surface area contributed by atoms with Gasteiger partial charge in [0, 0.05) is 12.2 Å². The number of halogens is 1. The number of nitrogens with one attached hydrogen (secondary N) is 1. The summed E-state index contributed by atoms with van der Waals surface area (Å²) < 4.78 is 0. The Hall–Kier alpha value is -1.91. The van der Waals surface area contributed by atoms with Gasteiger partial charge in [0.1, 0.15) is 0 Å². The molecule has 1 amide bonds. The zero-order chi connectivity index (χ0) is 16.8. The van der Waals surface area contributed by atoms with Crippen LogP contribution in [0.25, 0.3) is 0 Å². The molecule has 0 unspecified atom stereocenters. The number of aromatic nitrogens is 1. The molecule has 2 aromatic rings. The first-order valence-electron chi connectivity index (χ1n) is 8.42. The Morgan fingerprint density at radius 2 is 2.00 bits per heavy atom. The molecule has 2 heterocycles. The molecule has 0 spiro atoms. The van der Waals surface area contributed by atoms with Gasteiger partial charge in [-0.3, -0.25) is 9.78 Å². The number of benzene rings is 1. The highest BCUT2D eigenvalue weighted by atomic mass is 35.5. The predicted molar refractivity (Wildman–Crippen MR) is 96.1 cm³/mol. The van der Waals surface area contributed by atoms with E-state index in [4.69, 9.17) is 11.6 Å². The van der Waals surface area contributed by atoms with E-state index in [-0.39, 0.29) is 11.9 Å². The van der Waals surface area contributed by atoms with Crippen molar-refractivity contribution in [3.05, 3.63) is 64.9 Å². The van der Waals surface area contributed by atoms with E-state index in [1.165, 1.54) is 0 Å². The van der Waals surface area contributed by atoms with Crippen LogP contribution in [-0.4, -0.2) is 34.9 Å². The third-order valence-electron chi connectivity index (χ3n) is 4.41. The Morgan fingerprint density at radius 3 is 2.79 bits per heavy atom. The van der Waals surface area contributed by atoms with Crippen LogP contribution < -0.4 is 5.32 Å². The van der Waals surface area contributed by atoms with Gasteiger partial charge in [-0.2, -0.15) is 0 Å². The summed E-state index contributed by atoms with van der Waals surface area (Å²) in [5.41, 5.74) is 1.46. The van der Waals surface area contributed by atoms with Gasteiger partial charge in [-0.05, 0) is 56.6 Å². The number of nitrogens with zero attached hydrogens (tertiary/aromatic N) is 2. The highest BCUT2D eigenvalue weighted by molar-refractivity contribution is 6.33. The number of carbonyl (C=O) groups is 1. The maximum Gasteiger partial charge on any atom is 0.255 e. The molecule has 1 aliphatic rings. The molecule has 4 nitrogen and oxygen atoms in total. The van der Waals surface area contributed by atoms with Gasteiger partial charge in [0.2, 0.25) is 0 Å². The molecule has 24 heavy (non-hydrogen) atoms. The van der Waals surface area contributed by atoms with Crippen LogP contribution in [0.5, 0.6) is 0 Å². The van der Waals surface area contributed by atoms with Crippen molar-refractivity contribution in [1.29, 1.82) is 0 Å². The average Bonchev–Trinajstić information content (AvgIpc) is 2.90. The highest BCUT2D eigenvalue weighted by Crippen LogP contribution is 2.23. The minimum absolute atomic E-state index is 0.0156. The summed E-state index contributed by atoms with van der Waals surface area (Å²) in [6.45, 7) is 2.45. The van der Waals surface area contributed by atoms with Crippen molar-refractivity contribution in [2.45, 2.75) is 31.8 Å². The monoisotopic (exact) mass is 343 g/mol. The number of hydrogen-bond acceptors (Lipinski definition) is 3. The predicted octanol–water partition coefficient (Wildman–Crippen LogP) is 3.52. The van der Waals surface area contributed by atoms with E-state index in [9.17, 15) is 4.79 Å².